The molecule has 0 rings (SSSR count). The Bertz CT molecular complexity index is 475. The summed E-state index contributed by atoms with van der Waals surface area (Å²) in [5, 5.41) is 11.3. The van der Waals surface area contributed by atoms with E-state index in [1.807, 2.05) is 33.8 Å². The average molecular weight is 324 g/mol. The molecule has 1 amide bonds. The van der Waals surface area contributed by atoms with Gasteiger partial charge in [-0.3, -0.25) is 4.79 Å². The standard InChI is InChI=1S/C17H28N2O4/c1-13(2)15(21)22-11-9-17(5,6)23-12-8-16(3,4)19-14(20)7-10-18/h1,7-9,11-12H2,2-6H3,(H,19,20). The van der Waals surface area contributed by atoms with Crippen molar-refractivity contribution in [2.45, 2.75) is 65.0 Å². The molecule has 0 unspecified atom stereocenters. The molecule has 0 aromatic rings. The minimum Gasteiger partial charge on any atom is -0.462 e. The second-order valence-corrected chi connectivity index (χ2v) is 6.79. The number of carbonyl (C=O) groups excluding carboxylic acids is 2. The number of rotatable bonds is 10. The Kier molecular flexibility index (Phi) is 8.55. The number of esters is 1. The zero-order valence-corrected chi connectivity index (χ0v) is 14.8. The minimum atomic E-state index is -0.448. The van der Waals surface area contributed by atoms with E-state index in [0.29, 0.717) is 25.0 Å². The van der Waals surface area contributed by atoms with E-state index < -0.39 is 17.1 Å². The van der Waals surface area contributed by atoms with Crippen molar-refractivity contribution in [3.63, 3.8) is 0 Å². The van der Waals surface area contributed by atoms with Gasteiger partial charge in [0.1, 0.15) is 6.42 Å². The van der Waals surface area contributed by atoms with E-state index in [-0.39, 0.29) is 18.9 Å². The van der Waals surface area contributed by atoms with Gasteiger partial charge in [0.2, 0.25) is 5.91 Å². The Morgan fingerprint density at radius 2 is 1.78 bits per heavy atom. The largest absolute Gasteiger partial charge is 0.462 e. The summed E-state index contributed by atoms with van der Waals surface area (Å²) in [7, 11) is 0. The monoisotopic (exact) mass is 324 g/mol. The lowest BCUT2D eigenvalue weighted by Crippen LogP contribution is -2.44. The van der Waals surface area contributed by atoms with Gasteiger partial charge in [-0.05, 0) is 41.0 Å². The van der Waals surface area contributed by atoms with Crippen LogP contribution in [0.25, 0.3) is 0 Å². The molecular weight excluding hydrogens is 296 g/mol. The van der Waals surface area contributed by atoms with E-state index in [1.54, 1.807) is 6.92 Å². The van der Waals surface area contributed by atoms with Gasteiger partial charge < -0.3 is 14.8 Å². The molecule has 0 radical (unpaired) electrons. The van der Waals surface area contributed by atoms with Crippen molar-refractivity contribution in [3.05, 3.63) is 12.2 Å². The van der Waals surface area contributed by atoms with E-state index in [0.717, 1.165) is 0 Å². The normalized spacial score (nSPS) is 11.5. The highest BCUT2D eigenvalue weighted by Crippen LogP contribution is 2.17. The van der Waals surface area contributed by atoms with Crippen LogP contribution in [0.3, 0.4) is 0 Å². The number of hydrogen-bond acceptors (Lipinski definition) is 5. The van der Waals surface area contributed by atoms with Crippen LogP contribution in [-0.2, 0) is 19.1 Å². The van der Waals surface area contributed by atoms with Crippen molar-refractivity contribution in [2.75, 3.05) is 13.2 Å². The number of nitriles is 1. The number of carbonyl (C=O) groups is 2. The summed E-state index contributed by atoms with van der Waals surface area (Å²) >= 11 is 0. The predicted octanol–water partition coefficient (Wildman–Crippen LogP) is 2.49. The van der Waals surface area contributed by atoms with Gasteiger partial charge in [0.05, 0.1) is 18.3 Å². The molecule has 0 aliphatic rings. The lowest BCUT2D eigenvalue weighted by molar-refractivity contribution is -0.140. The maximum Gasteiger partial charge on any atom is 0.333 e. The van der Waals surface area contributed by atoms with Crippen LogP contribution in [0.15, 0.2) is 12.2 Å². The van der Waals surface area contributed by atoms with Gasteiger partial charge in [-0.25, -0.2) is 4.79 Å². The Balaban J connectivity index is 4.13. The summed E-state index contributed by atoms with van der Waals surface area (Å²) in [5.41, 5.74) is -0.517. The van der Waals surface area contributed by atoms with Crippen LogP contribution >= 0.6 is 0 Å². The first-order valence-electron chi connectivity index (χ1n) is 7.64. The van der Waals surface area contributed by atoms with Crippen molar-refractivity contribution in [1.29, 1.82) is 5.26 Å². The lowest BCUT2D eigenvalue weighted by Gasteiger charge is -2.30. The summed E-state index contributed by atoms with van der Waals surface area (Å²) in [6.45, 7) is 13.4. The van der Waals surface area contributed by atoms with Crippen LogP contribution in [0, 0.1) is 11.3 Å². The van der Waals surface area contributed by atoms with Crippen LogP contribution < -0.4 is 5.32 Å². The first kappa shape index (κ1) is 21.1. The highest BCUT2D eigenvalue weighted by atomic mass is 16.5. The molecule has 0 saturated heterocycles. The van der Waals surface area contributed by atoms with Crippen molar-refractivity contribution in [3.8, 4) is 6.07 Å². The van der Waals surface area contributed by atoms with Gasteiger partial charge in [0.25, 0.3) is 0 Å². The Hall–Kier alpha value is -1.87. The van der Waals surface area contributed by atoms with E-state index in [4.69, 9.17) is 14.7 Å². The van der Waals surface area contributed by atoms with Gasteiger partial charge in [-0.2, -0.15) is 5.26 Å². The summed E-state index contributed by atoms with van der Waals surface area (Å²) in [6, 6.07) is 1.82. The van der Waals surface area contributed by atoms with Crippen LogP contribution in [0.4, 0.5) is 0 Å². The third kappa shape index (κ3) is 10.5. The molecule has 0 aromatic heterocycles. The van der Waals surface area contributed by atoms with Crippen molar-refractivity contribution in [2.24, 2.45) is 0 Å². The molecule has 1 N–H and O–H groups in total. The molecule has 6 nitrogen and oxygen atoms in total. The topological polar surface area (TPSA) is 88.4 Å². The van der Waals surface area contributed by atoms with Gasteiger partial charge in [-0.1, -0.05) is 6.58 Å². The molecule has 6 heteroatoms. The zero-order valence-electron chi connectivity index (χ0n) is 14.8. The van der Waals surface area contributed by atoms with Crippen LogP contribution in [0.1, 0.15) is 53.9 Å². The summed E-state index contributed by atoms with van der Waals surface area (Å²) in [5.74, 6) is -0.689. The molecule has 0 aliphatic carbocycles. The smallest absolute Gasteiger partial charge is 0.333 e. The first-order chi connectivity index (χ1) is 10.5. The van der Waals surface area contributed by atoms with Gasteiger partial charge >= 0.3 is 5.97 Å². The second-order valence-electron chi connectivity index (χ2n) is 6.79. The van der Waals surface area contributed by atoms with Crippen molar-refractivity contribution >= 4 is 11.9 Å². The summed E-state index contributed by atoms with van der Waals surface area (Å²) in [6.07, 6.45) is 1.02. The van der Waals surface area contributed by atoms with Crippen LogP contribution in [-0.4, -0.2) is 36.2 Å². The van der Waals surface area contributed by atoms with Gasteiger partial charge in [0, 0.05) is 24.1 Å². The van der Waals surface area contributed by atoms with Gasteiger partial charge in [-0.15, -0.1) is 0 Å². The third-order valence-electron chi connectivity index (χ3n) is 3.22. The fraction of sp³-hybridized carbons (Fsp3) is 0.706. The first-order valence-corrected chi connectivity index (χ1v) is 7.64. The third-order valence-corrected chi connectivity index (χ3v) is 3.22. The second kappa shape index (κ2) is 9.31. The minimum absolute atomic E-state index is 0.149. The molecule has 0 aromatic carbocycles. The highest BCUT2D eigenvalue weighted by Gasteiger charge is 2.24. The lowest BCUT2D eigenvalue weighted by atomic mass is 10.0. The van der Waals surface area contributed by atoms with Crippen molar-refractivity contribution in [1.82, 2.24) is 5.32 Å². The maximum absolute atomic E-state index is 11.4. The number of nitrogens with one attached hydrogen (secondary N) is 1. The quantitative estimate of drug-likeness (QED) is 0.492. The molecule has 0 bridgehead atoms. The fourth-order valence-electron chi connectivity index (χ4n) is 1.72. The highest BCUT2D eigenvalue weighted by molar-refractivity contribution is 5.86. The van der Waals surface area contributed by atoms with Crippen LogP contribution in [0.2, 0.25) is 0 Å². The molecule has 0 saturated carbocycles. The van der Waals surface area contributed by atoms with Gasteiger partial charge in [0.15, 0.2) is 0 Å². The molecule has 0 heterocycles. The number of nitrogens with zero attached hydrogens (tertiary/aromatic N) is 1. The van der Waals surface area contributed by atoms with E-state index in [1.165, 1.54) is 0 Å². The fourth-order valence-corrected chi connectivity index (χ4v) is 1.72. The number of ether oxygens (including phenoxy) is 2. The zero-order chi connectivity index (χ0) is 18.1. The summed E-state index contributed by atoms with van der Waals surface area (Å²) < 4.78 is 10.9. The van der Waals surface area contributed by atoms with Crippen molar-refractivity contribution < 1.29 is 19.1 Å². The SMILES string of the molecule is C=C(C)C(=O)OCCC(C)(C)OCCC(C)(C)NC(=O)CC#N. The number of amides is 1. The molecule has 0 atom stereocenters. The van der Waals surface area contributed by atoms with E-state index >= 15 is 0 Å². The predicted molar refractivity (Wildman–Crippen MR) is 87.5 cm³/mol. The molecule has 23 heavy (non-hydrogen) atoms. The number of hydrogen-bond donors (Lipinski definition) is 1. The maximum atomic E-state index is 11.4. The molecule has 0 fully saturated rings. The van der Waals surface area contributed by atoms with E-state index in [2.05, 4.69) is 11.9 Å². The van der Waals surface area contributed by atoms with E-state index in [9.17, 15) is 9.59 Å². The average Bonchev–Trinajstić information content (AvgIpc) is 2.36. The van der Waals surface area contributed by atoms with Crippen LogP contribution in [0.5, 0.6) is 0 Å². The summed E-state index contributed by atoms with van der Waals surface area (Å²) in [4.78, 5) is 22.8. The molecule has 0 aliphatic heterocycles. The molecular formula is C17H28N2O4. The Morgan fingerprint density at radius 1 is 1.17 bits per heavy atom. The Labute approximate surface area is 138 Å². The molecule has 130 valence electrons. The Morgan fingerprint density at radius 3 is 2.30 bits per heavy atom. The molecule has 0 spiro atoms.